The average Bonchev–Trinajstić information content (AvgIpc) is 2.71. The van der Waals surface area contributed by atoms with Gasteiger partial charge in [-0.1, -0.05) is 29.8 Å². The number of hydrogen-bond acceptors (Lipinski definition) is 4. The Bertz CT molecular complexity index is 864. The van der Waals surface area contributed by atoms with E-state index in [0.717, 1.165) is 5.56 Å². The minimum Gasteiger partial charge on any atom is -0.456 e. The topological polar surface area (TPSA) is 53.3 Å². The van der Waals surface area contributed by atoms with Crippen molar-refractivity contribution in [2.24, 2.45) is 0 Å². The van der Waals surface area contributed by atoms with Crippen LogP contribution in [0.5, 0.6) is 11.5 Å². The first-order valence-electron chi connectivity index (χ1n) is 7.90. The summed E-state index contributed by atoms with van der Waals surface area (Å²) in [6, 6.07) is 12.8. The number of nitriles is 1. The van der Waals surface area contributed by atoms with Crippen molar-refractivity contribution in [2.75, 3.05) is 13.1 Å². The highest BCUT2D eigenvalue weighted by atomic mass is 35.5. The minimum absolute atomic E-state index is 0.0301. The fraction of sp³-hybridized carbons (Fsp3) is 0.263. The molecule has 2 aromatic rings. The van der Waals surface area contributed by atoms with Crippen LogP contribution in [-0.2, 0) is 5.41 Å². The highest BCUT2D eigenvalue weighted by Crippen LogP contribution is 2.48. The van der Waals surface area contributed by atoms with Gasteiger partial charge < -0.3 is 9.64 Å². The van der Waals surface area contributed by atoms with Crippen molar-refractivity contribution >= 4 is 17.4 Å². The van der Waals surface area contributed by atoms with Gasteiger partial charge in [0.25, 0.3) is 0 Å². The van der Waals surface area contributed by atoms with E-state index in [1.807, 2.05) is 24.3 Å². The van der Waals surface area contributed by atoms with Crippen LogP contribution in [0.4, 0.5) is 0 Å². The lowest BCUT2D eigenvalue weighted by Gasteiger charge is -2.38. The lowest BCUT2D eigenvalue weighted by Crippen LogP contribution is -2.45. The zero-order chi connectivity index (χ0) is 16.7. The Hall–Kier alpha value is -2.51. The van der Waals surface area contributed by atoms with E-state index in [0.29, 0.717) is 48.0 Å². The molecule has 1 saturated heterocycles. The number of Topliss-reactive ketones (excluding diaryl/α,β-unsaturated/α-hetero) is 1. The van der Waals surface area contributed by atoms with Crippen LogP contribution in [0.25, 0.3) is 0 Å². The Kier molecular flexibility index (Phi) is 3.47. The molecule has 0 atom stereocenters. The second kappa shape index (κ2) is 5.54. The molecule has 0 radical (unpaired) electrons. The molecule has 0 N–H and O–H groups in total. The van der Waals surface area contributed by atoms with Gasteiger partial charge in [-0.25, -0.2) is 0 Å². The van der Waals surface area contributed by atoms with E-state index in [9.17, 15) is 4.79 Å². The summed E-state index contributed by atoms with van der Waals surface area (Å²) >= 11 is 6.12. The normalized spacial score (nSPS) is 18.2. The van der Waals surface area contributed by atoms with Gasteiger partial charge in [0, 0.05) is 23.7 Å². The number of para-hydroxylation sites is 1. The van der Waals surface area contributed by atoms with E-state index in [-0.39, 0.29) is 5.78 Å². The number of rotatable bonds is 0. The molecule has 4 nitrogen and oxygen atoms in total. The number of piperidine rings is 1. The Balaban J connectivity index is 1.91. The summed E-state index contributed by atoms with van der Waals surface area (Å²) in [5.41, 5.74) is 0.754. The molecule has 0 amide bonds. The molecule has 1 fully saturated rings. The first-order valence-corrected chi connectivity index (χ1v) is 8.28. The summed E-state index contributed by atoms with van der Waals surface area (Å²) in [5.74, 6) is 1.27. The monoisotopic (exact) mass is 338 g/mol. The lowest BCUT2D eigenvalue weighted by atomic mass is 9.68. The Labute approximate surface area is 145 Å². The van der Waals surface area contributed by atoms with Gasteiger partial charge in [-0.2, -0.15) is 5.26 Å². The molecule has 0 saturated carbocycles. The standard InChI is InChI=1S/C19H15ClN2O2/c20-13-5-6-16-14(11-13)18(23)19(7-9-22(12-21)10-8-19)15-3-1-2-4-17(15)24-16/h1-6,11H,7-10H2. The predicted molar refractivity (Wildman–Crippen MR) is 90.4 cm³/mol. The van der Waals surface area contributed by atoms with Crippen molar-refractivity contribution in [2.45, 2.75) is 18.3 Å². The van der Waals surface area contributed by atoms with Crippen LogP contribution in [0.3, 0.4) is 0 Å². The molecule has 2 aliphatic heterocycles. The summed E-state index contributed by atoms with van der Waals surface area (Å²) in [6.07, 6.45) is 3.36. The van der Waals surface area contributed by atoms with Crippen molar-refractivity contribution in [1.29, 1.82) is 5.26 Å². The van der Waals surface area contributed by atoms with Gasteiger partial charge >= 0.3 is 0 Å². The largest absolute Gasteiger partial charge is 0.456 e. The van der Waals surface area contributed by atoms with Gasteiger partial charge in [-0.3, -0.25) is 4.79 Å². The van der Waals surface area contributed by atoms with Gasteiger partial charge in [0.15, 0.2) is 12.0 Å². The smallest absolute Gasteiger partial charge is 0.179 e. The fourth-order valence-electron chi connectivity index (χ4n) is 3.70. The lowest BCUT2D eigenvalue weighted by molar-refractivity contribution is 0.0812. The molecule has 0 aliphatic carbocycles. The number of ketones is 1. The summed E-state index contributed by atoms with van der Waals surface area (Å²) in [5, 5.41) is 9.65. The minimum atomic E-state index is -0.667. The molecule has 1 spiro atoms. The van der Waals surface area contributed by atoms with E-state index >= 15 is 0 Å². The van der Waals surface area contributed by atoms with Crippen LogP contribution in [-0.4, -0.2) is 23.8 Å². The van der Waals surface area contributed by atoms with Gasteiger partial charge in [-0.05, 0) is 37.1 Å². The highest BCUT2D eigenvalue weighted by molar-refractivity contribution is 6.31. The first kappa shape index (κ1) is 15.0. The quantitative estimate of drug-likeness (QED) is 0.677. The summed E-state index contributed by atoms with van der Waals surface area (Å²) in [4.78, 5) is 15.2. The summed E-state index contributed by atoms with van der Waals surface area (Å²) in [6.45, 7) is 1.12. The van der Waals surface area contributed by atoms with E-state index < -0.39 is 5.41 Å². The molecule has 24 heavy (non-hydrogen) atoms. The first-order chi connectivity index (χ1) is 11.6. The summed E-state index contributed by atoms with van der Waals surface area (Å²) < 4.78 is 6.05. The molecule has 2 aromatic carbocycles. The molecular weight excluding hydrogens is 324 g/mol. The van der Waals surface area contributed by atoms with Crippen LogP contribution in [0.1, 0.15) is 28.8 Å². The molecule has 0 unspecified atom stereocenters. The predicted octanol–water partition coefficient (Wildman–Crippen LogP) is 4.14. The molecule has 2 aliphatic rings. The molecule has 120 valence electrons. The van der Waals surface area contributed by atoms with E-state index in [2.05, 4.69) is 6.19 Å². The molecule has 2 heterocycles. The van der Waals surface area contributed by atoms with E-state index in [4.69, 9.17) is 21.6 Å². The number of ether oxygens (including phenoxy) is 1. The molecule has 0 aromatic heterocycles. The number of nitrogens with zero attached hydrogens (tertiary/aromatic N) is 2. The number of likely N-dealkylation sites (tertiary alicyclic amines) is 1. The van der Waals surface area contributed by atoms with Crippen LogP contribution >= 0.6 is 11.6 Å². The van der Waals surface area contributed by atoms with Gasteiger partial charge in [-0.15, -0.1) is 0 Å². The zero-order valence-electron chi connectivity index (χ0n) is 13.0. The molecule has 4 rings (SSSR count). The third-order valence-electron chi connectivity index (χ3n) is 5.00. The maximum atomic E-state index is 13.5. The number of benzene rings is 2. The average molecular weight is 339 g/mol. The highest BCUT2D eigenvalue weighted by Gasteiger charge is 2.47. The maximum absolute atomic E-state index is 13.5. The molecule has 5 heteroatoms. The Morgan fingerprint density at radius 1 is 1.12 bits per heavy atom. The molecule has 0 bridgehead atoms. The maximum Gasteiger partial charge on any atom is 0.179 e. The Morgan fingerprint density at radius 3 is 2.62 bits per heavy atom. The fourth-order valence-corrected chi connectivity index (χ4v) is 3.88. The van der Waals surface area contributed by atoms with Gasteiger partial charge in [0.2, 0.25) is 0 Å². The van der Waals surface area contributed by atoms with Crippen molar-refractivity contribution < 1.29 is 9.53 Å². The van der Waals surface area contributed by atoms with Crippen LogP contribution in [0.15, 0.2) is 42.5 Å². The van der Waals surface area contributed by atoms with Crippen molar-refractivity contribution in [3.63, 3.8) is 0 Å². The van der Waals surface area contributed by atoms with Crippen LogP contribution in [0, 0.1) is 11.5 Å². The number of hydrogen-bond donors (Lipinski definition) is 0. The molecular formula is C19H15ClN2O2. The van der Waals surface area contributed by atoms with Gasteiger partial charge in [0.1, 0.15) is 11.5 Å². The third-order valence-corrected chi connectivity index (χ3v) is 5.24. The van der Waals surface area contributed by atoms with E-state index in [1.54, 1.807) is 23.1 Å². The van der Waals surface area contributed by atoms with Crippen LogP contribution < -0.4 is 4.74 Å². The second-order valence-corrected chi connectivity index (χ2v) is 6.67. The van der Waals surface area contributed by atoms with Gasteiger partial charge in [0.05, 0.1) is 11.0 Å². The van der Waals surface area contributed by atoms with E-state index in [1.165, 1.54) is 0 Å². The summed E-state index contributed by atoms with van der Waals surface area (Å²) in [7, 11) is 0. The number of carbonyl (C=O) groups excluding carboxylic acids is 1. The SMILES string of the molecule is N#CN1CCC2(CC1)C(=O)c1cc(Cl)ccc1Oc1ccccc12. The zero-order valence-corrected chi connectivity index (χ0v) is 13.7. The second-order valence-electron chi connectivity index (χ2n) is 6.24. The van der Waals surface area contributed by atoms with Crippen molar-refractivity contribution in [1.82, 2.24) is 4.90 Å². The Morgan fingerprint density at radius 2 is 1.88 bits per heavy atom. The number of fused-ring (bicyclic) bond motifs is 3. The number of carbonyl (C=O) groups is 1. The third kappa shape index (κ3) is 2.16. The van der Waals surface area contributed by atoms with Crippen molar-refractivity contribution in [3.8, 4) is 17.7 Å². The van der Waals surface area contributed by atoms with Crippen LogP contribution in [0.2, 0.25) is 5.02 Å². The van der Waals surface area contributed by atoms with Crippen molar-refractivity contribution in [3.05, 3.63) is 58.6 Å². The number of halogens is 1.